The van der Waals surface area contributed by atoms with Gasteiger partial charge in [-0.3, -0.25) is 9.59 Å². The summed E-state index contributed by atoms with van der Waals surface area (Å²) in [4.78, 5) is 23.7. The number of amides is 1. The number of hydrogen-bond acceptors (Lipinski definition) is 4. The molecule has 0 spiro atoms. The van der Waals surface area contributed by atoms with Crippen molar-refractivity contribution in [3.8, 4) is 0 Å². The Bertz CT molecular complexity index is 863. The average Bonchev–Trinajstić information content (AvgIpc) is 2.65. The van der Waals surface area contributed by atoms with E-state index in [2.05, 4.69) is 10.6 Å². The van der Waals surface area contributed by atoms with Crippen LogP contribution in [0.15, 0.2) is 42.5 Å². The molecule has 2 N–H and O–H groups in total. The van der Waals surface area contributed by atoms with Gasteiger partial charge in [-0.2, -0.15) is 0 Å². The number of ether oxygens (including phenoxy) is 1. The zero-order chi connectivity index (χ0) is 20.5. The molecular weight excluding hydrogens is 443 g/mol. The predicted octanol–water partition coefficient (Wildman–Crippen LogP) is 5.03. The van der Waals surface area contributed by atoms with Crippen molar-refractivity contribution in [2.75, 3.05) is 11.9 Å². The first-order chi connectivity index (χ1) is 13.3. The van der Waals surface area contributed by atoms with E-state index in [-0.39, 0.29) is 24.6 Å². The third-order valence-electron chi connectivity index (χ3n) is 3.56. The van der Waals surface area contributed by atoms with E-state index in [9.17, 15) is 9.59 Å². The molecule has 0 heterocycles. The van der Waals surface area contributed by atoms with Gasteiger partial charge < -0.3 is 15.4 Å². The van der Waals surface area contributed by atoms with Gasteiger partial charge in [0.2, 0.25) is 5.91 Å². The molecule has 2 rings (SSSR count). The predicted molar refractivity (Wildman–Crippen MR) is 116 cm³/mol. The van der Waals surface area contributed by atoms with Crippen molar-refractivity contribution in [3.63, 3.8) is 0 Å². The number of carbonyl (C=O) groups excluding carboxylic acids is 2. The number of carbonyl (C=O) groups is 2. The van der Waals surface area contributed by atoms with Crippen LogP contribution in [0.4, 0.5) is 5.69 Å². The first kappa shape index (κ1) is 22.4. The van der Waals surface area contributed by atoms with Gasteiger partial charge in [-0.25, -0.2) is 0 Å². The Hall–Kier alpha value is -1.86. The highest BCUT2D eigenvalue weighted by molar-refractivity contribution is 7.80. The van der Waals surface area contributed by atoms with Gasteiger partial charge >= 0.3 is 5.97 Å². The molecule has 0 aliphatic rings. The highest BCUT2D eigenvalue weighted by atomic mass is 35.5. The average molecular weight is 460 g/mol. The van der Waals surface area contributed by atoms with Crippen LogP contribution in [-0.4, -0.2) is 23.6 Å². The topological polar surface area (TPSA) is 67.4 Å². The smallest absolute Gasteiger partial charge is 0.306 e. The summed E-state index contributed by atoms with van der Waals surface area (Å²) in [5, 5.41) is 6.15. The van der Waals surface area contributed by atoms with Crippen LogP contribution < -0.4 is 10.6 Å². The summed E-state index contributed by atoms with van der Waals surface area (Å²) in [7, 11) is 0. The number of thiocarbonyl (C=S) groups is 1. The molecule has 5 nitrogen and oxygen atoms in total. The summed E-state index contributed by atoms with van der Waals surface area (Å²) in [5.41, 5.74) is 1.48. The third kappa shape index (κ3) is 7.64. The lowest BCUT2D eigenvalue weighted by Crippen LogP contribution is -2.34. The monoisotopic (exact) mass is 458 g/mol. The lowest BCUT2D eigenvalue weighted by atomic mass is 10.2. The maximum absolute atomic E-state index is 11.9. The molecule has 0 aliphatic carbocycles. The Kier molecular flexibility index (Phi) is 8.99. The summed E-state index contributed by atoms with van der Waals surface area (Å²) in [6, 6.07) is 12.6. The standard InChI is InChI=1S/C19H17Cl3N2O3S/c20-13-10-15(22)16(11-14(13)21)23-19(28)24-17(25)6-7-18(26)27-9-8-12-4-2-1-3-5-12/h1-5,10-11H,6-9H2,(H2,23,24,25,28). The lowest BCUT2D eigenvalue weighted by molar-refractivity contribution is -0.144. The zero-order valence-electron chi connectivity index (χ0n) is 14.6. The van der Waals surface area contributed by atoms with Gasteiger partial charge in [0.05, 0.1) is 33.8 Å². The number of esters is 1. The Balaban J connectivity index is 1.69. The molecule has 0 aromatic heterocycles. The van der Waals surface area contributed by atoms with Crippen LogP contribution in [0.3, 0.4) is 0 Å². The summed E-state index contributed by atoms with van der Waals surface area (Å²) in [6.07, 6.45) is 0.523. The third-order valence-corrected chi connectivity index (χ3v) is 4.80. The van der Waals surface area contributed by atoms with E-state index < -0.39 is 11.9 Å². The molecule has 28 heavy (non-hydrogen) atoms. The Morgan fingerprint density at radius 1 is 0.964 bits per heavy atom. The van der Waals surface area contributed by atoms with Crippen molar-refractivity contribution < 1.29 is 14.3 Å². The molecule has 0 saturated carbocycles. The minimum Gasteiger partial charge on any atom is -0.465 e. The summed E-state index contributed by atoms with van der Waals surface area (Å²) < 4.78 is 5.13. The van der Waals surface area contributed by atoms with Crippen LogP contribution in [-0.2, 0) is 20.7 Å². The molecule has 148 valence electrons. The van der Waals surface area contributed by atoms with Gasteiger partial charge in [-0.05, 0) is 29.9 Å². The van der Waals surface area contributed by atoms with Crippen molar-refractivity contribution in [2.45, 2.75) is 19.3 Å². The van der Waals surface area contributed by atoms with Crippen LogP contribution in [0.1, 0.15) is 18.4 Å². The van der Waals surface area contributed by atoms with Crippen molar-refractivity contribution >= 4 is 69.7 Å². The molecule has 2 aromatic carbocycles. The van der Waals surface area contributed by atoms with E-state index in [0.717, 1.165) is 5.56 Å². The van der Waals surface area contributed by atoms with Crippen LogP contribution in [0, 0.1) is 0 Å². The molecule has 0 unspecified atom stereocenters. The molecule has 2 aromatic rings. The fourth-order valence-corrected chi connectivity index (χ4v) is 2.99. The van der Waals surface area contributed by atoms with E-state index in [1.54, 1.807) is 0 Å². The first-order valence-electron chi connectivity index (χ1n) is 8.30. The Morgan fingerprint density at radius 3 is 2.36 bits per heavy atom. The van der Waals surface area contributed by atoms with E-state index in [1.807, 2.05) is 30.3 Å². The highest BCUT2D eigenvalue weighted by Gasteiger charge is 2.12. The highest BCUT2D eigenvalue weighted by Crippen LogP contribution is 2.32. The van der Waals surface area contributed by atoms with Gasteiger partial charge in [0, 0.05) is 12.8 Å². The summed E-state index contributed by atoms with van der Waals surface area (Å²) >= 11 is 22.9. The van der Waals surface area contributed by atoms with Crippen molar-refractivity contribution in [3.05, 3.63) is 63.1 Å². The molecule has 0 aliphatic heterocycles. The number of benzene rings is 2. The molecule has 0 atom stereocenters. The number of rotatable bonds is 7. The lowest BCUT2D eigenvalue weighted by Gasteiger charge is -2.12. The second kappa shape index (κ2) is 11.2. The normalized spacial score (nSPS) is 10.2. The summed E-state index contributed by atoms with van der Waals surface area (Å²) in [6.45, 7) is 0.264. The van der Waals surface area contributed by atoms with Gasteiger partial charge in [0.25, 0.3) is 0 Å². The number of halogens is 3. The fourth-order valence-electron chi connectivity index (χ4n) is 2.18. The SMILES string of the molecule is O=C(CCC(=O)OCCc1ccccc1)NC(=S)Nc1cc(Cl)c(Cl)cc1Cl. The van der Waals surface area contributed by atoms with Gasteiger partial charge in [0.1, 0.15) is 0 Å². The molecule has 9 heteroatoms. The Morgan fingerprint density at radius 2 is 1.64 bits per heavy atom. The second-order valence-electron chi connectivity index (χ2n) is 5.70. The maximum Gasteiger partial charge on any atom is 0.306 e. The second-order valence-corrected chi connectivity index (χ2v) is 7.33. The minimum atomic E-state index is -0.447. The molecule has 0 saturated heterocycles. The van der Waals surface area contributed by atoms with Crippen molar-refractivity contribution in [1.29, 1.82) is 0 Å². The molecule has 0 radical (unpaired) electrons. The number of nitrogens with one attached hydrogen (secondary N) is 2. The van der Waals surface area contributed by atoms with E-state index >= 15 is 0 Å². The van der Waals surface area contributed by atoms with Crippen LogP contribution >= 0.6 is 47.0 Å². The molecule has 0 bridgehead atoms. The maximum atomic E-state index is 11.9. The Labute approximate surface area is 183 Å². The van der Waals surface area contributed by atoms with Gasteiger partial charge in [-0.1, -0.05) is 65.1 Å². The van der Waals surface area contributed by atoms with Gasteiger partial charge in [0.15, 0.2) is 5.11 Å². The van der Waals surface area contributed by atoms with Crippen LogP contribution in [0.2, 0.25) is 15.1 Å². The largest absolute Gasteiger partial charge is 0.465 e. The van der Waals surface area contributed by atoms with Crippen LogP contribution in [0.5, 0.6) is 0 Å². The molecular formula is C19H17Cl3N2O3S. The quantitative estimate of drug-likeness (QED) is 0.345. The number of hydrogen-bond donors (Lipinski definition) is 2. The van der Waals surface area contributed by atoms with E-state index in [0.29, 0.717) is 27.2 Å². The fraction of sp³-hybridized carbons (Fsp3) is 0.211. The molecule has 0 fully saturated rings. The zero-order valence-corrected chi connectivity index (χ0v) is 17.7. The van der Waals surface area contributed by atoms with E-state index in [1.165, 1.54) is 12.1 Å². The number of anilines is 1. The van der Waals surface area contributed by atoms with Crippen molar-refractivity contribution in [1.82, 2.24) is 5.32 Å². The van der Waals surface area contributed by atoms with E-state index in [4.69, 9.17) is 51.8 Å². The summed E-state index contributed by atoms with van der Waals surface area (Å²) in [5.74, 6) is -0.869. The van der Waals surface area contributed by atoms with Crippen molar-refractivity contribution in [2.24, 2.45) is 0 Å². The minimum absolute atomic E-state index is 0.0303. The molecule has 1 amide bonds. The van der Waals surface area contributed by atoms with Gasteiger partial charge in [-0.15, -0.1) is 0 Å². The first-order valence-corrected chi connectivity index (χ1v) is 9.84. The van der Waals surface area contributed by atoms with Crippen LogP contribution in [0.25, 0.3) is 0 Å².